The van der Waals surface area contributed by atoms with Gasteiger partial charge in [0, 0.05) is 30.8 Å². The summed E-state index contributed by atoms with van der Waals surface area (Å²) in [6, 6.07) is 15.8. The van der Waals surface area contributed by atoms with Gasteiger partial charge in [-0.05, 0) is 19.4 Å². The molecule has 1 atom stereocenters. The quantitative estimate of drug-likeness (QED) is 0.568. The summed E-state index contributed by atoms with van der Waals surface area (Å²) in [6.45, 7) is 6.05. The number of amides is 2. The summed E-state index contributed by atoms with van der Waals surface area (Å²) in [5.41, 5.74) is 5.36. The van der Waals surface area contributed by atoms with Crippen molar-refractivity contribution in [3.8, 4) is 10.6 Å². The van der Waals surface area contributed by atoms with Crippen LogP contribution in [0.3, 0.4) is 0 Å². The predicted octanol–water partition coefficient (Wildman–Crippen LogP) is 4.35. The van der Waals surface area contributed by atoms with Crippen molar-refractivity contribution in [1.82, 2.24) is 15.6 Å². The smallest absolute Gasteiger partial charge is 0.222 e. The van der Waals surface area contributed by atoms with Crippen molar-refractivity contribution in [2.75, 3.05) is 6.54 Å². The SMILES string of the molecule is CC(=O)NC(CC(=O)NCCc1csc(-c2ccc(C)cc2)n1)c1ccc(C)cc1. The van der Waals surface area contributed by atoms with Crippen molar-refractivity contribution in [3.63, 3.8) is 0 Å². The highest BCUT2D eigenvalue weighted by atomic mass is 32.1. The minimum absolute atomic E-state index is 0.0942. The number of nitrogens with one attached hydrogen (secondary N) is 2. The van der Waals surface area contributed by atoms with Crippen molar-refractivity contribution in [3.05, 3.63) is 76.3 Å². The van der Waals surface area contributed by atoms with Gasteiger partial charge < -0.3 is 10.6 Å². The number of aromatic nitrogens is 1. The van der Waals surface area contributed by atoms with Gasteiger partial charge in [-0.1, -0.05) is 59.7 Å². The maximum Gasteiger partial charge on any atom is 0.222 e. The molecule has 0 aliphatic carbocycles. The van der Waals surface area contributed by atoms with Crippen molar-refractivity contribution >= 4 is 23.2 Å². The van der Waals surface area contributed by atoms with Gasteiger partial charge in [0.05, 0.1) is 18.2 Å². The Hall–Kier alpha value is -2.99. The maximum absolute atomic E-state index is 12.4. The van der Waals surface area contributed by atoms with Gasteiger partial charge in [-0.25, -0.2) is 4.98 Å². The fraction of sp³-hybridized carbons (Fsp3) is 0.292. The molecule has 0 saturated heterocycles. The van der Waals surface area contributed by atoms with Gasteiger partial charge in [-0.2, -0.15) is 0 Å². The first-order valence-corrected chi connectivity index (χ1v) is 10.9. The zero-order valence-electron chi connectivity index (χ0n) is 17.6. The molecule has 2 aromatic carbocycles. The lowest BCUT2D eigenvalue weighted by molar-refractivity contribution is -0.122. The van der Waals surface area contributed by atoms with E-state index in [0.29, 0.717) is 13.0 Å². The molecule has 5 nitrogen and oxygen atoms in total. The molecule has 3 aromatic rings. The van der Waals surface area contributed by atoms with Crippen molar-refractivity contribution < 1.29 is 9.59 Å². The largest absolute Gasteiger partial charge is 0.356 e. The highest BCUT2D eigenvalue weighted by molar-refractivity contribution is 7.13. The van der Waals surface area contributed by atoms with Gasteiger partial charge in [-0.3, -0.25) is 9.59 Å². The van der Waals surface area contributed by atoms with Crippen molar-refractivity contribution in [2.24, 2.45) is 0 Å². The third kappa shape index (κ3) is 6.26. The minimum Gasteiger partial charge on any atom is -0.356 e. The molecule has 6 heteroatoms. The molecule has 2 amide bonds. The molecule has 156 valence electrons. The Morgan fingerprint density at radius 1 is 1.00 bits per heavy atom. The maximum atomic E-state index is 12.4. The number of rotatable bonds is 8. The Balaban J connectivity index is 1.52. The molecule has 1 aromatic heterocycles. The third-order valence-corrected chi connectivity index (χ3v) is 5.74. The first-order valence-electron chi connectivity index (χ1n) is 10.0. The molecule has 0 spiro atoms. The molecule has 1 heterocycles. The van der Waals surface area contributed by atoms with Gasteiger partial charge in [0.2, 0.25) is 11.8 Å². The molecule has 1 unspecified atom stereocenters. The number of thiazole rings is 1. The number of hydrogen-bond donors (Lipinski definition) is 2. The molecule has 3 rings (SSSR count). The summed E-state index contributed by atoms with van der Waals surface area (Å²) in [5, 5.41) is 8.84. The van der Waals surface area contributed by atoms with Crippen LogP contribution in [0.15, 0.2) is 53.9 Å². The molecule has 0 aliphatic rings. The highest BCUT2D eigenvalue weighted by Gasteiger charge is 2.17. The van der Waals surface area contributed by atoms with E-state index < -0.39 is 0 Å². The van der Waals surface area contributed by atoms with Gasteiger partial charge in [0.1, 0.15) is 5.01 Å². The zero-order valence-corrected chi connectivity index (χ0v) is 18.4. The lowest BCUT2D eigenvalue weighted by Gasteiger charge is -2.18. The van der Waals surface area contributed by atoms with Crippen molar-refractivity contribution in [2.45, 2.75) is 39.7 Å². The van der Waals surface area contributed by atoms with E-state index in [9.17, 15) is 9.59 Å². The Bertz CT molecular complexity index is 994. The highest BCUT2D eigenvalue weighted by Crippen LogP contribution is 2.24. The van der Waals surface area contributed by atoms with Crippen LogP contribution in [0.4, 0.5) is 0 Å². The standard InChI is InChI=1S/C24H27N3O2S/c1-16-4-8-19(9-5-16)22(26-18(3)28)14-23(29)25-13-12-21-15-30-24(27-21)20-10-6-17(2)7-11-20/h4-11,15,22H,12-14H2,1-3H3,(H,25,29)(H,26,28). The number of carbonyl (C=O) groups is 2. The number of benzene rings is 2. The zero-order chi connectivity index (χ0) is 21.5. The van der Waals surface area contributed by atoms with Crippen LogP contribution in [0.1, 0.15) is 41.8 Å². The Morgan fingerprint density at radius 3 is 2.27 bits per heavy atom. The summed E-state index contributed by atoms with van der Waals surface area (Å²) in [6.07, 6.45) is 0.873. The summed E-state index contributed by atoms with van der Waals surface area (Å²) in [7, 11) is 0. The van der Waals surface area contributed by atoms with Crippen LogP contribution in [0.5, 0.6) is 0 Å². The van der Waals surface area contributed by atoms with E-state index >= 15 is 0 Å². The topological polar surface area (TPSA) is 71.1 Å². The van der Waals surface area contributed by atoms with Crippen LogP contribution in [-0.4, -0.2) is 23.3 Å². The number of aryl methyl sites for hydroxylation is 2. The Morgan fingerprint density at radius 2 is 1.63 bits per heavy atom. The summed E-state index contributed by atoms with van der Waals surface area (Å²) in [4.78, 5) is 28.7. The first-order chi connectivity index (χ1) is 14.4. The average molecular weight is 422 g/mol. The molecule has 2 N–H and O–H groups in total. The van der Waals surface area contributed by atoms with Crippen molar-refractivity contribution in [1.29, 1.82) is 0 Å². The Kier molecular flexibility index (Phi) is 7.36. The van der Waals surface area contributed by atoms with E-state index in [-0.39, 0.29) is 24.3 Å². The second-order valence-electron chi connectivity index (χ2n) is 7.48. The van der Waals surface area contributed by atoms with Gasteiger partial charge in [-0.15, -0.1) is 11.3 Å². The number of hydrogen-bond acceptors (Lipinski definition) is 4. The van der Waals surface area contributed by atoms with E-state index in [1.54, 1.807) is 11.3 Å². The second-order valence-corrected chi connectivity index (χ2v) is 8.34. The fourth-order valence-corrected chi connectivity index (χ4v) is 3.99. The summed E-state index contributed by atoms with van der Waals surface area (Å²) in [5.74, 6) is -0.247. The van der Waals surface area contributed by atoms with Crippen LogP contribution in [0, 0.1) is 13.8 Å². The molecule has 0 bridgehead atoms. The normalized spacial score (nSPS) is 11.7. The molecule has 0 fully saturated rings. The van der Waals surface area contributed by atoms with Gasteiger partial charge in [0.15, 0.2) is 0 Å². The third-order valence-electron chi connectivity index (χ3n) is 4.80. The van der Waals surface area contributed by atoms with E-state index in [2.05, 4.69) is 46.8 Å². The average Bonchev–Trinajstić information content (AvgIpc) is 3.17. The Labute approximate surface area is 181 Å². The lowest BCUT2D eigenvalue weighted by Crippen LogP contribution is -2.33. The lowest BCUT2D eigenvalue weighted by atomic mass is 10.0. The summed E-state index contributed by atoms with van der Waals surface area (Å²) < 4.78 is 0. The molecular weight excluding hydrogens is 394 g/mol. The fourth-order valence-electron chi connectivity index (χ4n) is 3.13. The summed E-state index contributed by atoms with van der Waals surface area (Å²) >= 11 is 1.61. The van der Waals surface area contributed by atoms with Gasteiger partial charge in [0.25, 0.3) is 0 Å². The molecule has 0 radical (unpaired) electrons. The monoisotopic (exact) mass is 421 g/mol. The van der Waals surface area contributed by atoms with E-state index in [1.807, 2.05) is 36.6 Å². The van der Waals surface area contributed by atoms with Gasteiger partial charge >= 0.3 is 0 Å². The van der Waals surface area contributed by atoms with E-state index in [1.165, 1.54) is 12.5 Å². The van der Waals surface area contributed by atoms with Crippen LogP contribution in [0.25, 0.3) is 10.6 Å². The predicted molar refractivity (Wildman–Crippen MR) is 121 cm³/mol. The molecular formula is C24H27N3O2S. The minimum atomic E-state index is -0.337. The number of nitrogens with zero attached hydrogens (tertiary/aromatic N) is 1. The van der Waals surface area contributed by atoms with Crippen LogP contribution in [0.2, 0.25) is 0 Å². The van der Waals surface area contributed by atoms with Crippen LogP contribution < -0.4 is 10.6 Å². The second kappa shape index (κ2) is 10.2. The molecule has 30 heavy (non-hydrogen) atoms. The van der Waals surface area contributed by atoms with E-state index in [0.717, 1.165) is 27.4 Å². The number of carbonyl (C=O) groups excluding carboxylic acids is 2. The van der Waals surface area contributed by atoms with Crippen LogP contribution >= 0.6 is 11.3 Å². The van der Waals surface area contributed by atoms with Crippen LogP contribution in [-0.2, 0) is 16.0 Å². The van der Waals surface area contributed by atoms with E-state index in [4.69, 9.17) is 0 Å². The molecule has 0 saturated carbocycles. The molecule has 0 aliphatic heterocycles. The first kappa shape index (κ1) is 21.7.